The maximum absolute atomic E-state index is 12.3. The molecule has 116 valence electrons. The Bertz CT molecular complexity index is 509. The molecule has 4 N–H and O–H groups in total. The number of halogens is 2. The molecule has 5 nitrogen and oxygen atoms in total. The minimum Gasteiger partial charge on any atom is -0.354 e. The highest BCUT2D eigenvalue weighted by Gasteiger charge is 2.32. The van der Waals surface area contributed by atoms with Crippen LogP contribution in [0.4, 0.5) is 0 Å². The van der Waals surface area contributed by atoms with Crippen LogP contribution >= 0.6 is 28.3 Å². The Hall–Kier alpha value is -1.11. The predicted molar refractivity (Wildman–Crippen MR) is 87.1 cm³/mol. The number of nitrogens with two attached hydrogens (primary N) is 1. The molecule has 1 aromatic rings. The smallest absolute Gasteiger partial charge is 0.244 e. The van der Waals surface area contributed by atoms with Crippen LogP contribution in [0.5, 0.6) is 0 Å². The van der Waals surface area contributed by atoms with E-state index < -0.39 is 5.54 Å². The second-order valence-corrected chi connectivity index (χ2v) is 6.14. The summed E-state index contributed by atoms with van der Waals surface area (Å²) in [5, 5.41) is 5.64. The minimum atomic E-state index is -1.10. The summed E-state index contributed by atoms with van der Waals surface area (Å²) in [6, 6.07) is 7.31. The lowest BCUT2D eigenvalue weighted by molar-refractivity contribution is -0.128. The lowest BCUT2D eigenvalue weighted by atomic mass is 9.91. The topological polar surface area (TPSA) is 84.2 Å². The van der Waals surface area contributed by atoms with Gasteiger partial charge in [0, 0.05) is 23.5 Å². The third-order valence-electron chi connectivity index (χ3n) is 3.52. The molecule has 1 saturated heterocycles. The van der Waals surface area contributed by atoms with Gasteiger partial charge in [0.25, 0.3) is 0 Å². The standard InChI is InChI=1S/C14H18BrN3O2.ClH/c1-14(16,9-2-4-10(15)5-3-9)13(20)18-11-6-7-12(19)17-8-11;/h2-5,11H,6-8,16H2,1H3,(H,17,19)(H,18,20);1H. The van der Waals surface area contributed by atoms with Crippen molar-refractivity contribution in [2.75, 3.05) is 6.54 Å². The van der Waals surface area contributed by atoms with Crippen molar-refractivity contribution in [1.82, 2.24) is 10.6 Å². The molecule has 2 amide bonds. The number of hydrogen-bond acceptors (Lipinski definition) is 3. The van der Waals surface area contributed by atoms with Crippen molar-refractivity contribution in [2.24, 2.45) is 5.73 Å². The Kier molecular flexibility index (Phi) is 6.19. The molecule has 2 unspecified atom stereocenters. The van der Waals surface area contributed by atoms with E-state index in [-0.39, 0.29) is 30.3 Å². The van der Waals surface area contributed by atoms with Crippen LogP contribution in [0.2, 0.25) is 0 Å². The van der Waals surface area contributed by atoms with E-state index in [0.717, 1.165) is 10.0 Å². The largest absolute Gasteiger partial charge is 0.354 e. The molecule has 7 heteroatoms. The first-order chi connectivity index (χ1) is 9.39. The van der Waals surface area contributed by atoms with Gasteiger partial charge in [0.1, 0.15) is 5.54 Å². The quantitative estimate of drug-likeness (QED) is 0.746. The zero-order chi connectivity index (χ0) is 14.8. The number of piperidine rings is 1. The van der Waals surface area contributed by atoms with Gasteiger partial charge in [0.15, 0.2) is 0 Å². The molecule has 0 spiro atoms. The van der Waals surface area contributed by atoms with Crippen molar-refractivity contribution in [3.05, 3.63) is 34.3 Å². The number of hydrogen-bond donors (Lipinski definition) is 3. The maximum Gasteiger partial charge on any atom is 0.244 e. The van der Waals surface area contributed by atoms with Crippen molar-refractivity contribution in [3.63, 3.8) is 0 Å². The summed E-state index contributed by atoms with van der Waals surface area (Å²) in [7, 11) is 0. The maximum atomic E-state index is 12.3. The normalized spacial score (nSPS) is 20.7. The highest BCUT2D eigenvalue weighted by atomic mass is 79.9. The zero-order valence-electron chi connectivity index (χ0n) is 11.7. The van der Waals surface area contributed by atoms with Crippen LogP contribution in [0, 0.1) is 0 Å². The van der Waals surface area contributed by atoms with Crippen LogP contribution < -0.4 is 16.4 Å². The molecule has 21 heavy (non-hydrogen) atoms. The van der Waals surface area contributed by atoms with E-state index >= 15 is 0 Å². The van der Waals surface area contributed by atoms with E-state index in [1.807, 2.05) is 24.3 Å². The summed E-state index contributed by atoms with van der Waals surface area (Å²) in [4.78, 5) is 23.4. The van der Waals surface area contributed by atoms with Crippen LogP contribution in [-0.2, 0) is 15.1 Å². The number of amides is 2. The molecule has 0 radical (unpaired) electrons. The van der Waals surface area contributed by atoms with Crippen molar-refractivity contribution >= 4 is 40.2 Å². The Labute approximate surface area is 138 Å². The average molecular weight is 377 g/mol. The molecule has 0 aliphatic carbocycles. The molecule has 2 rings (SSSR count). The molecule has 0 bridgehead atoms. The van der Waals surface area contributed by atoms with Gasteiger partial charge in [-0.15, -0.1) is 12.4 Å². The van der Waals surface area contributed by atoms with Crippen LogP contribution in [0.3, 0.4) is 0 Å². The number of carbonyl (C=O) groups excluding carboxylic acids is 2. The van der Waals surface area contributed by atoms with Gasteiger partial charge in [0.05, 0.1) is 0 Å². The first-order valence-corrected chi connectivity index (χ1v) is 7.31. The molecule has 0 aromatic heterocycles. The summed E-state index contributed by atoms with van der Waals surface area (Å²) in [5.41, 5.74) is 5.81. The summed E-state index contributed by atoms with van der Waals surface area (Å²) in [5.74, 6) is -0.208. The molecule has 1 aromatic carbocycles. The summed E-state index contributed by atoms with van der Waals surface area (Å²) in [6.45, 7) is 2.15. The van der Waals surface area contributed by atoms with E-state index in [9.17, 15) is 9.59 Å². The van der Waals surface area contributed by atoms with E-state index in [2.05, 4.69) is 26.6 Å². The lowest BCUT2D eigenvalue weighted by Gasteiger charge is -2.29. The Morgan fingerprint density at radius 1 is 1.43 bits per heavy atom. The van der Waals surface area contributed by atoms with Crippen molar-refractivity contribution in [1.29, 1.82) is 0 Å². The van der Waals surface area contributed by atoms with Crippen LogP contribution in [0.25, 0.3) is 0 Å². The Balaban J connectivity index is 0.00000220. The van der Waals surface area contributed by atoms with Gasteiger partial charge < -0.3 is 16.4 Å². The molecular weight excluding hydrogens is 358 g/mol. The molecular formula is C14H19BrClN3O2. The highest BCUT2D eigenvalue weighted by Crippen LogP contribution is 2.21. The van der Waals surface area contributed by atoms with E-state index in [4.69, 9.17) is 5.73 Å². The minimum absolute atomic E-state index is 0. The SMILES string of the molecule is CC(N)(C(=O)NC1CCC(=O)NC1)c1ccc(Br)cc1.Cl. The second-order valence-electron chi connectivity index (χ2n) is 5.22. The zero-order valence-corrected chi connectivity index (χ0v) is 14.1. The van der Waals surface area contributed by atoms with Crippen LogP contribution in [0.15, 0.2) is 28.7 Å². The number of rotatable bonds is 3. The molecule has 0 saturated carbocycles. The third kappa shape index (κ3) is 4.43. The van der Waals surface area contributed by atoms with Crippen LogP contribution in [-0.4, -0.2) is 24.4 Å². The number of carbonyl (C=O) groups is 2. The molecule has 1 aliphatic heterocycles. The van der Waals surface area contributed by atoms with E-state index in [0.29, 0.717) is 19.4 Å². The monoisotopic (exact) mass is 375 g/mol. The third-order valence-corrected chi connectivity index (χ3v) is 4.04. The fourth-order valence-electron chi connectivity index (χ4n) is 2.12. The molecule has 2 atom stereocenters. The van der Waals surface area contributed by atoms with Gasteiger partial charge in [-0.3, -0.25) is 9.59 Å². The number of benzene rings is 1. The van der Waals surface area contributed by atoms with Gasteiger partial charge in [-0.05, 0) is 31.0 Å². The fraction of sp³-hybridized carbons (Fsp3) is 0.429. The summed E-state index contributed by atoms with van der Waals surface area (Å²) < 4.78 is 0.937. The first-order valence-electron chi connectivity index (χ1n) is 6.52. The van der Waals surface area contributed by atoms with Gasteiger partial charge in [-0.2, -0.15) is 0 Å². The van der Waals surface area contributed by atoms with Gasteiger partial charge >= 0.3 is 0 Å². The summed E-state index contributed by atoms with van der Waals surface area (Å²) in [6.07, 6.45) is 1.08. The Morgan fingerprint density at radius 2 is 2.05 bits per heavy atom. The predicted octanol–water partition coefficient (Wildman–Crippen LogP) is 1.44. The van der Waals surface area contributed by atoms with E-state index in [1.54, 1.807) is 6.92 Å². The number of nitrogens with one attached hydrogen (secondary N) is 2. The molecule has 1 aliphatic rings. The average Bonchev–Trinajstić information content (AvgIpc) is 2.42. The highest BCUT2D eigenvalue weighted by molar-refractivity contribution is 9.10. The lowest BCUT2D eigenvalue weighted by Crippen LogP contribution is -2.55. The summed E-state index contributed by atoms with van der Waals surface area (Å²) >= 11 is 3.35. The molecule has 1 heterocycles. The van der Waals surface area contributed by atoms with Crippen molar-refractivity contribution < 1.29 is 9.59 Å². The van der Waals surface area contributed by atoms with Crippen molar-refractivity contribution in [2.45, 2.75) is 31.3 Å². The van der Waals surface area contributed by atoms with Crippen LogP contribution in [0.1, 0.15) is 25.3 Å². The van der Waals surface area contributed by atoms with Gasteiger partial charge in [0.2, 0.25) is 11.8 Å². The fourth-order valence-corrected chi connectivity index (χ4v) is 2.38. The second kappa shape index (κ2) is 7.24. The van der Waals surface area contributed by atoms with E-state index in [1.165, 1.54) is 0 Å². The van der Waals surface area contributed by atoms with Gasteiger partial charge in [-0.25, -0.2) is 0 Å². The Morgan fingerprint density at radius 3 is 2.57 bits per heavy atom. The first kappa shape index (κ1) is 17.9. The van der Waals surface area contributed by atoms with Gasteiger partial charge in [-0.1, -0.05) is 28.1 Å². The van der Waals surface area contributed by atoms with Crippen molar-refractivity contribution in [3.8, 4) is 0 Å². The molecule has 1 fully saturated rings.